The summed E-state index contributed by atoms with van der Waals surface area (Å²) in [5.41, 5.74) is 0.0364. The largest absolute Gasteiger partial charge is 0.366 e. The number of H-pyrrole nitrogens is 1. The van der Waals surface area contributed by atoms with Gasteiger partial charge in [-0.1, -0.05) is 23.2 Å². The van der Waals surface area contributed by atoms with Gasteiger partial charge in [-0.05, 0) is 24.3 Å². The zero-order valence-electron chi connectivity index (χ0n) is 12.4. The molecule has 1 aromatic heterocycles. The number of benzene rings is 1. The molecule has 1 aromatic carbocycles. The Kier molecular flexibility index (Phi) is 4.82. The second-order valence-electron chi connectivity index (χ2n) is 5.24. The Morgan fingerprint density at radius 2 is 1.67 bits per heavy atom. The molecule has 1 saturated heterocycles. The van der Waals surface area contributed by atoms with Crippen LogP contribution in [0.5, 0.6) is 0 Å². The fourth-order valence-corrected chi connectivity index (χ4v) is 4.28. The number of anilines is 1. The number of hydrogen-bond donors (Lipinski definition) is 1. The number of nitrogens with zero attached hydrogens (tertiary/aromatic N) is 3. The normalized spacial score (nSPS) is 16.3. The number of sulfonamides is 1. The number of aromatic nitrogens is 2. The van der Waals surface area contributed by atoms with E-state index in [1.54, 1.807) is 12.1 Å². The molecule has 0 radical (unpaired) electrons. The predicted octanol–water partition coefficient (Wildman–Crippen LogP) is 1.59. The van der Waals surface area contributed by atoms with Crippen LogP contribution in [0.1, 0.15) is 0 Å². The first kappa shape index (κ1) is 17.2. The van der Waals surface area contributed by atoms with Gasteiger partial charge in [-0.2, -0.15) is 9.40 Å². The van der Waals surface area contributed by atoms with Gasteiger partial charge in [0.05, 0.1) is 16.8 Å². The molecule has 0 aliphatic carbocycles. The number of piperazine rings is 1. The molecule has 0 bridgehead atoms. The molecule has 0 amide bonds. The number of halogens is 2. The lowest BCUT2D eigenvalue weighted by Gasteiger charge is -2.35. The van der Waals surface area contributed by atoms with E-state index in [0.717, 1.165) is 0 Å². The first-order chi connectivity index (χ1) is 11.4. The van der Waals surface area contributed by atoms with Gasteiger partial charge in [-0.3, -0.25) is 4.79 Å². The van der Waals surface area contributed by atoms with E-state index < -0.39 is 15.6 Å². The van der Waals surface area contributed by atoms with Crippen LogP contribution in [0, 0.1) is 0 Å². The molecular formula is C14H14Cl2N4O3S. The summed E-state index contributed by atoms with van der Waals surface area (Å²) >= 11 is 11.8. The van der Waals surface area contributed by atoms with E-state index in [1.807, 2.05) is 4.90 Å². The third kappa shape index (κ3) is 3.27. The fraction of sp³-hybridized carbons (Fsp3) is 0.286. The van der Waals surface area contributed by atoms with E-state index in [4.69, 9.17) is 23.2 Å². The second-order valence-corrected chi connectivity index (χ2v) is 8.00. The van der Waals surface area contributed by atoms with Crippen LogP contribution in [-0.2, 0) is 10.0 Å². The van der Waals surface area contributed by atoms with Gasteiger partial charge in [0.15, 0.2) is 0 Å². The highest BCUT2D eigenvalue weighted by Crippen LogP contribution is 2.24. The minimum atomic E-state index is -3.57. The predicted molar refractivity (Wildman–Crippen MR) is 92.3 cm³/mol. The van der Waals surface area contributed by atoms with E-state index in [2.05, 4.69) is 10.2 Å². The van der Waals surface area contributed by atoms with Crippen molar-refractivity contribution in [2.45, 2.75) is 4.90 Å². The van der Waals surface area contributed by atoms with Crippen LogP contribution in [0.4, 0.5) is 5.69 Å². The van der Waals surface area contributed by atoms with Crippen molar-refractivity contribution in [1.82, 2.24) is 14.5 Å². The molecule has 2 aromatic rings. The highest BCUT2D eigenvalue weighted by molar-refractivity contribution is 7.89. The van der Waals surface area contributed by atoms with Crippen LogP contribution >= 0.6 is 23.2 Å². The monoisotopic (exact) mass is 388 g/mol. The Bertz CT molecular complexity index is 891. The van der Waals surface area contributed by atoms with Gasteiger partial charge in [-0.25, -0.2) is 13.5 Å². The number of aromatic amines is 1. The summed E-state index contributed by atoms with van der Waals surface area (Å²) in [6.45, 7) is 1.40. The van der Waals surface area contributed by atoms with Crippen molar-refractivity contribution in [2.24, 2.45) is 0 Å². The third-order valence-electron chi connectivity index (χ3n) is 3.81. The summed E-state index contributed by atoms with van der Waals surface area (Å²) in [7, 11) is -3.57. The van der Waals surface area contributed by atoms with Crippen molar-refractivity contribution >= 4 is 38.9 Å². The Balaban J connectivity index is 1.76. The molecule has 0 atom stereocenters. The first-order valence-corrected chi connectivity index (χ1v) is 9.33. The number of nitrogens with one attached hydrogen (secondary N) is 1. The molecule has 1 fully saturated rings. The zero-order chi connectivity index (χ0) is 17.3. The van der Waals surface area contributed by atoms with Gasteiger partial charge in [0.2, 0.25) is 10.0 Å². The van der Waals surface area contributed by atoms with E-state index >= 15 is 0 Å². The molecule has 128 valence electrons. The summed E-state index contributed by atoms with van der Waals surface area (Å²) < 4.78 is 26.7. The Hall–Kier alpha value is -1.61. The topological polar surface area (TPSA) is 86.4 Å². The molecule has 2 heterocycles. The molecule has 7 nitrogen and oxygen atoms in total. The maximum Gasteiger partial charge on any atom is 0.285 e. The molecule has 0 spiro atoms. The molecule has 1 aliphatic rings. The Morgan fingerprint density at radius 3 is 2.29 bits per heavy atom. The first-order valence-electron chi connectivity index (χ1n) is 7.13. The van der Waals surface area contributed by atoms with Gasteiger partial charge in [0.25, 0.3) is 5.56 Å². The van der Waals surface area contributed by atoms with Crippen LogP contribution in [-0.4, -0.2) is 49.1 Å². The maximum atomic E-state index is 12.6. The van der Waals surface area contributed by atoms with Crippen LogP contribution in [0.15, 0.2) is 40.2 Å². The molecular weight excluding hydrogens is 375 g/mol. The van der Waals surface area contributed by atoms with Crippen molar-refractivity contribution in [2.75, 3.05) is 31.1 Å². The van der Waals surface area contributed by atoms with Crippen molar-refractivity contribution in [3.8, 4) is 0 Å². The molecule has 1 aliphatic heterocycles. The zero-order valence-corrected chi connectivity index (χ0v) is 14.8. The lowest BCUT2D eigenvalue weighted by atomic mass is 10.3. The van der Waals surface area contributed by atoms with E-state index in [-0.39, 0.29) is 23.0 Å². The average molecular weight is 389 g/mol. The maximum absolute atomic E-state index is 12.6. The Labute approximate surface area is 148 Å². The van der Waals surface area contributed by atoms with Gasteiger partial charge < -0.3 is 4.90 Å². The van der Waals surface area contributed by atoms with Crippen molar-refractivity contribution in [3.05, 3.63) is 50.9 Å². The van der Waals surface area contributed by atoms with E-state index in [1.165, 1.54) is 22.6 Å². The number of hydrogen-bond acceptors (Lipinski definition) is 5. The van der Waals surface area contributed by atoms with Gasteiger partial charge >= 0.3 is 0 Å². The average Bonchev–Trinajstić information content (AvgIpc) is 2.58. The molecule has 0 saturated carbocycles. The summed E-state index contributed by atoms with van der Waals surface area (Å²) in [5, 5.41) is 6.53. The highest BCUT2D eigenvalue weighted by atomic mass is 35.5. The number of rotatable bonds is 3. The minimum Gasteiger partial charge on any atom is -0.366 e. The SMILES string of the molecule is O=c1[nH]ncc(N2CCN(S(=O)(=O)c3ccc(Cl)cc3)CC2)c1Cl. The summed E-state index contributed by atoms with van der Waals surface area (Å²) in [6.07, 6.45) is 1.47. The third-order valence-corrected chi connectivity index (χ3v) is 6.34. The van der Waals surface area contributed by atoms with Crippen LogP contribution < -0.4 is 10.5 Å². The molecule has 0 unspecified atom stereocenters. The van der Waals surface area contributed by atoms with Crippen molar-refractivity contribution < 1.29 is 8.42 Å². The lowest BCUT2D eigenvalue weighted by Crippen LogP contribution is -2.49. The Morgan fingerprint density at radius 1 is 1.04 bits per heavy atom. The van der Waals surface area contributed by atoms with Gasteiger partial charge in [0.1, 0.15) is 5.02 Å². The lowest BCUT2D eigenvalue weighted by molar-refractivity contribution is 0.384. The molecule has 10 heteroatoms. The van der Waals surface area contributed by atoms with Gasteiger partial charge in [-0.15, -0.1) is 0 Å². The molecule has 1 N–H and O–H groups in total. The smallest absolute Gasteiger partial charge is 0.285 e. The fourth-order valence-electron chi connectivity index (χ4n) is 2.52. The quantitative estimate of drug-likeness (QED) is 0.862. The standard InChI is InChI=1S/C14H14Cl2N4O3S/c15-10-1-3-11(4-2-10)24(22,23)20-7-5-19(6-8-20)12-9-17-18-14(21)13(12)16/h1-4,9H,5-8H2,(H,18,21). The van der Waals surface area contributed by atoms with Crippen LogP contribution in [0.25, 0.3) is 0 Å². The summed E-state index contributed by atoms with van der Waals surface area (Å²) in [5.74, 6) is 0. The minimum absolute atomic E-state index is 0.0546. The van der Waals surface area contributed by atoms with Crippen LogP contribution in [0.2, 0.25) is 10.0 Å². The van der Waals surface area contributed by atoms with Crippen molar-refractivity contribution in [1.29, 1.82) is 0 Å². The summed E-state index contributed by atoms with van der Waals surface area (Å²) in [6, 6.07) is 6.07. The van der Waals surface area contributed by atoms with Gasteiger partial charge in [0, 0.05) is 31.2 Å². The second kappa shape index (κ2) is 6.72. The van der Waals surface area contributed by atoms with E-state index in [0.29, 0.717) is 23.8 Å². The molecule has 24 heavy (non-hydrogen) atoms. The van der Waals surface area contributed by atoms with Crippen molar-refractivity contribution in [3.63, 3.8) is 0 Å². The summed E-state index contributed by atoms with van der Waals surface area (Å²) in [4.78, 5) is 13.6. The van der Waals surface area contributed by atoms with Crippen LogP contribution in [0.3, 0.4) is 0 Å². The molecule has 3 rings (SSSR count). The van der Waals surface area contributed by atoms with E-state index in [9.17, 15) is 13.2 Å². The highest BCUT2D eigenvalue weighted by Gasteiger charge is 2.29.